The SMILES string of the molecule is CCOc1ccc(OC(=O)C2CCC(C)CC2)c(F)n1. The molecule has 1 fully saturated rings. The monoisotopic (exact) mass is 281 g/mol. The lowest BCUT2D eigenvalue weighted by molar-refractivity contribution is -0.140. The maximum Gasteiger partial charge on any atom is 0.314 e. The number of hydrogen-bond donors (Lipinski definition) is 0. The highest BCUT2D eigenvalue weighted by atomic mass is 19.1. The van der Waals surface area contributed by atoms with E-state index < -0.39 is 5.95 Å². The molecule has 0 bridgehead atoms. The smallest absolute Gasteiger partial charge is 0.314 e. The van der Waals surface area contributed by atoms with E-state index in [4.69, 9.17) is 9.47 Å². The van der Waals surface area contributed by atoms with Crippen LogP contribution in [-0.4, -0.2) is 17.6 Å². The van der Waals surface area contributed by atoms with Crippen LogP contribution in [0.1, 0.15) is 39.5 Å². The molecule has 0 aliphatic heterocycles. The van der Waals surface area contributed by atoms with Crippen molar-refractivity contribution in [2.75, 3.05) is 6.61 Å². The lowest BCUT2D eigenvalue weighted by atomic mass is 9.83. The van der Waals surface area contributed by atoms with Gasteiger partial charge in [-0.2, -0.15) is 9.37 Å². The second-order valence-corrected chi connectivity index (χ2v) is 5.25. The Hall–Kier alpha value is -1.65. The molecule has 0 unspecified atom stereocenters. The number of esters is 1. The van der Waals surface area contributed by atoms with Crippen LogP contribution < -0.4 is 9.47 Å². The molecule has 5 heteroatoms. The van der Waals surface area contributed by atoms with E-state index in [0.717, 1.165) is 25.7 Å². The maximum absolute atomic E-state index is 13.7. The van der Waals surface area contributed by atoms with E-state index in [-0.39, 0.29) is 23.5 Å². The molecule has 110 valence electrons. The molecular formula is C15H20FNO3. The number of rotatable bonds is 4. The first-order chi connectivity index (χ1) is 9.60. The number of ether oxygens (including phenoxy) is 2. The van der Waals surface area contributed by atoms with Gasteiger partial charge >= 0.3 is 5.97 Å². The van der Waals surface area contributed by atoms with Crippen molar-refractivity contribution >= 4 is 5.97 Å². The topological polar surface area (TPSA) is 48.4 Å². The van der Waals surface area contributed by atoms with E-state index in [2.05, 4.69) is 11.9 Å². The number of aromatic nitrogens is 1. The first-order valence-corrected chi connectivity index (χ1v) is 7.11. The Morgan fingerprint density at radius 3 is 2.65 bits per heavy atom. The molecule has 0 amide bonds. The summed E-state index contributed by atoms with van der Waals surface area (Å²) in [4.78, 5) is 15.6. The van der Waals surface area contributed by atoms with Gasteiger partial charge < -0.3 is 9.47 Å². The summed E-state index contributed by atoms with van der Waals surface area (Å²) >= 11 is 0. The number of pyridine rings is 1. The second-order valence-electron chi connectivity index (χ2n) is 5.25. The van der Waals surface area contributed by atoms with Gasteiger partial charge in [0.05, 0.1) is 12.5 Å². The number of carbonyl (C=O) groups is 1. The minimum absolute atomic E-state index is 0.128. The minimum Gasteiger partial charge on any atom is -0.478 e. The third-order valence-corrected chi connectivity index (χ3v) is 3.64. The van der Waals surface area contributed by atoms with Crippen molar-refractivity contribution < 1.29 is 18.7 Å². The van der Waals surface area contributed by atoms with Crippen LogP contribution in [0.5, 0.6) is 11.6 Å². The van der Waals surface area contributed by atoms with Crippen LogP contribution in [0.3, 0.4) is 0 Å². The van der Waals surface area contributed by atoms with Gasteiger partial charge in [-0.15, -0.1) is 0 Å². The normalized spacial score (nSPS) is 22.4. The highest BCUT2D eigenvalue weighted by Gasteiger charge is 2.26. The van der Waals surface area contributed by atoms with Gasteiger partial charge in [-0.3, -0.25) is 4.79 Å². The maximum atomic E-state index is 13.7. The Morgan fingerprint density at radius 2 is 2.05 bits per heavy atom. The molecule has 0 aromatic carbocycles. The molecule has 1 saturated carbocycles. The van der Waals surface area contributed by atoms with Gasteiger partial charge in [0.2, 0.25) is 5.88 Å². The van der Waals surface area contributed by atoms with Gasteiger partial charge in [-0.25, -0.2) is 0 Å². The van der Waals surface area contributed by atoms with E-state index >= 15 is 0 Å². The summed E-state index contributed by atoms with van der Waals surface area (Å²) in [6.45, 7) is 4.38. The van der Waals surface area contributed by atoms with E-state index in [1.54, 1.807) is 6.92 Å². The molecule has 1 aromatic rings. The van der Waals surface area contributed by atoms with Crippen LogP contribution in [0.15, 0.2) is 12.1 Å². The fourth-order valence-electron chi connectivity index (χ4n) is 2.40. The van der Waals surface area contributed by atoms with E-state index in [0.29, 0.717) is 12.5 Å². The predicted molar refractivity (Wildman–Crippen MR) is 72.1 cm³/mol. The van der Waals surface area contributed by atoms with Crippen LogP contribution in [0.4, 0.5) is 4.39 Å². The molecule has 0 N–H and O–H groups in total. The summed E-state index contributed by atoms with van der Waals surface area (Å²) in [5.74, 6) is -0.580. The number of carbonyl (C=O) groups excluding carboxylic acids is 1. The van der Waals surface area contributed by atoms with Crippen molar-refractivity contribution in [3.05, 3.63) is 18.1 Å². The number of hydrogen-bond acceptors (Lipinski definition) is 4. The summed E-state index contributed by atoms with van der Waals surface area (Å²) in [5, 5.41) is 0. The van der Waals surface area contributed by atoms with Crippen molar-refractivity contribution in [2.45, 2.75) is 39.5 Å². The molecule has 2 rings (SSSR count). The number of nitrogens with zero attached hydrogens (tertiary/aromatic N) is 1. The van der Waals surface area contributed by atoms with E-state index in [1.165, 1.54) is 12.1 Å². The second kappa shape index (κ2) is 6.68. The minimum atomic E-state index is -0.812. The van der Waals surface area contributed by atoms with Gasteiger partial charge in [-0.05, 0) is 44.6 Å². The molecule has 1 heterocycles. The van der Waals surface area contributed by atoms with Crippen molar-refractivity contribution in [3.8, 4) is 11.6 Å². The Labute approximate surface area is 118 Å². The van der Waals surface area contributed by atoms with Gasteiger partial charge in [-0.1, -0.05) is 6.92 Å². The molecule has 0 saturated heterocycles. The third-order valence-electron chi connectivity index (χ3n) is 3.64. The molecule has 4 nitrogen and oxygen atoms in total. The van der Waals surface area contributed by atoms with E-state index in [9.17, 15) is 9.18 Å². The largest absolute Gasteiger partial charge is 0.478 e. The van der Waals surface area contributed by atoms with Crippen molar-refractivity contribution in [1.29, 1.82) is 0 Å². The fourth-order valence-corrected chi connectivity index (χ4v) is 2.40. The standard InChI is InChI=1S/C15H20FNO3/c1-3-19-13-9-8-12(14(16)17-13)20-15(18)11-6-4-10(2)5-7-11/h8-11H,3-7H2,1-2H3. The van der Waals surface area contributed by atoms with Crippen LogP contribution in [-0.2, 0) is 4.79 Å². The van der Waals surface area contributed by atoms with Gasteiger partial charge in [0, 0.05) is 6.07 Å². The highest BCUT2D eigenvalue weighted by Crippen LogP contribution is 2.30. The summed E-state index contributed by atoms with van der Waals surface area (Å²) in [6.07, 6.45) is 3.66. The molecule has 0 atom stereocenters. The third kappa shape index (κ3) is 3.68. The zero-order chi connectivity index (χ0) is 14.5. The summed E-state index contributed by atoms with van der Waals surface area (Å²) in [6, 6.07) is 2.88. The quantitative estimate of drug-likeness (QED) is 0.627. The number of halogens is 1. The molecule has 20 heavy (non-hydrogen) atoms. The summed E-state index contributed by atoms with van der Waals surface area (Å²) < 4.78 is 23.9. The molecule has 0 radical (unpaired) electrons. The van der Waals surface area contributed by atoms with E-state index in [1.807, 2.05) is 0 Å². The zero-order valence-corrected chi connectivity index (χ0v) is 11.9. The Morgan fingerprint density at radius 1 is 1.35 bits per heavy atom. The fraction of sp³-hybridized carbons (Fsp3) is 0.600. The Balaban J connectivity index is 1.97. The van der Waals surface area contributed by atoms with Crippen LogP contribution in [0, 0.1) is 17.8 Å². The molecular weight excluding hydrogens is 261 g/mol. The average Bonchev–Trinajstić information content (AvgIpc) is 2.43. The summed E-state index contributed by atoms with van der Waals surface area (Å²) in [5.41, 5.74) is 0. The van der Waals surface area contributed by atoms with Gasteiger partial charge in [0.15, 0.2) is 5.75 Å². The lowest BCUT2D eigenvalue weighted by Gasteiger charge is -2.24. The van der Waals surface area contributed by atoms with Crippen LogP contribution in [0.2, 0.25) is 0 Å². The molecule has 1 aliphatic rings. The van der Waals surface area contributed by atoms with Crippen molar-refractivity contribution in [3.63, 3.8) is 0 Å². The molecule has 0 spiro atoms. The summed E-state index contributed by atoms with van der Waals surface area (Å²) in [7, 11) is 0. The zero-order valence-electron chi connectivity index (χ0n) is 11.9. The highest BCUT2D eigenvalue weighted by molar-refractivity contribution is 5.75. The van der Waals surface area contributed by atoms with Crippen molar-refractivity contribution in [2.24, 2.45) is 11.8 Å². The van der Waals surface area contributed by atoms with Gasteiger partial charge in [0.25, 0.3) is 5.95 Å². The lowest BCUT2D eigenvalue weighted by Crippen LogP contribution is -2.25. The van der Waals surface area contributed by atoms with Crippen LogP contribution in [0.25, 0.3) is 0 Å². The van der Waals surface area contributed by atoms with Crippen LogP contribution >= 0.6 is 0 Å². The first kappa shape index (κ1) is 14.8. The molecule has 1 aliphatic carbocycles. The molecule has 1 aromatic heterocycles. The first-order valence-electron chi connectivity index (χ1n) is 7.11. The average molecular weight is 281 g/mol. The Kier molecular flexibility index (Phi) is 4.93. The predicted octanol–water partition coefficient (Wildman–Crippen LogP) is 3.35. The van der Waals surface area contributed by atoms with Gasteiger partial charge in [0.1, 0.15) is 0 Å². The Bertz CT molecular complexity index is 470. The van der Waals surface area contributed by atoms with Crippen molar-refractivity contribution in [1.82, 2.24) is 4.98 Å².